The molecule has 0 atom stereocenters. The fraction of sp³-hybridized carbons (Fsp3) is 0.500. The molecule has 0 fully saturated rings. The fourth-order valence-corrected chi connectivity index (χ4v) is 3.61. The third kappa shape index (κ3) is 3.57. The van der Waals surface area contributed by atoms with Crippen molar-refractivity contribution >= 4 is 34.1 Å². The second kappa shape index (κ2) is 6.36. The summed E-state index contributed by atoms with van der Waals surface area (Å²) in [7, 11) is 0. The Morgan fingerprint density at radius 3 is 2.90 bits per heavy atom. The van der Waals surface area contributed by atoms with E-state index in [1.165, 1.54) is 11.3 Å². The van der Waals surface area contributed by atoms with Crippen molar-refractivity contribution in [1.82, 2.24) is 20.0 Å². The summed E-state index contributed by atoms with van der Waals surface area (Å²) in [6.07, 6.45) is 0. The Kier molecular flexibility index (Phi) is 4.77. The molecule has 0 spiro atoms. The Bertz CT molecular complexity index is 605. The Labute approximate surface area is 126 Å². The molecular formula is C12H17N5OS2. The van der Waals surface area contributed by atoms with Gasteiger partial charge in [-0.15, -0.1) is 10.2 Å². The largest absolute Gasteiger partial charge is 0.295 e. The third-order valence-corrected chi connectivity index (χ3v) is 4.32. The molecule has 0 saturated carbocycles. The van der Waals surface area contributed by atoms with Gasteiger partial charge in [0.05, 0.1) is 5.69 Å². The average molecular weight is 311 g/mol. The first-order valence-electron chi connectivity index (χ1n) is 6.35. The number of nitrogens with one attached hydrogen (secondary N) is 1. The van der Waals surface area contributed by atoms with Gasteiger partial charge in [0.1, 0.15) is 5.69 Å². The summed E-state index contributed by atoms with van der Waals surface area (Å²) in [5.74, 6) is -0.204. The summed E-state index contributed by atoms with van der Waals surface area (Å²) in [5, 5.41) is 16.0. The summed E-state index contributed by atoms with van der Waals surface area (Å²) >= 11 is 3.01. The highest BCUT2D eigenvalue weighted by Crippen LogP contribution is 2.28. The minimum absolute atomic E-state index is 0.204. The van der Waals surface area contributed by atoms with E-state index < -0.39 is 0 Å². The van der Waals surface area contributed by atoms with Gasteiger partial charge in [-0.25, -0.2) is 0 Å². The first-order valence-corrected chi connectivity index (χ1v) is 8.05. The Morgan fingerprint density at radius 2 is 2.25 bits per heavy atom. The number of aryl methyl sites for hydroxylation is 2. The molecule has 20 heavy (non-hydrogen) atoms. The van der Waals surface area contributed by atoms with Gasteiger partial charge in [0.2, 0.25) is 5.13 Å². The topological polar surface area (TPSA) is 72.7 Å². The van der Waals surface area contributed by atoms with Crippen LogP contribution in [-0.2, 0) is 6.54 Å². The number of thioether (sulfide) groups is 1. The zero-order valence-electron chi connectivity index (χ0n) is 11.9. The van der Waals surface area contributed by atoms with Gasteiger partial charge in [0, 0.05) is 11.8 Å². The van der Waals surface area contributed by atoms with Crippen molar-refractivity contribution in [3.05, 3.63) is 17.5 Å². The van der Waals surface area contributed by atoms with Gasteiger partial charge < -0.3 is 0 Å². The van der Waals surface area contributed by atoms with E-state index in [4.69, 9.17) is 0 Å². The number of anilines is 1. The van der Waals surface area contributed by atoms with Crippen molar-refractivity contribution in [2.75, 3.05) is 5.32 Å². The average Bonchev–Trinajstić information content (AvgIpc) is 2.95. The molecule has 8 heteroatoms. The Morgan fingerprint density at radius 1 is 1.50 bits per heavy atom. The lowest BCUT2D eigenvalue weighted by Gasteiger charge is -2.03. The van der Waals surface area contributed by atoms with Gasteiger partial charge in [-0.3, -0.25) is 14.8 Å². The van der Waals surface area contributed by atoms with E-state index in [2.05, 4.69) is 34.5 Å². The molecule has 0 aliphatic carbocycles. The fourth-order valence-electron chi connectivity index (χ4n) is 1.64. The number of aromatic nitrogens is 4. The third-order valence-electron chi connectivity index (χ3n) is 2.40. The van der Waals surface area contributed by atoms with Crippen molar-refractivity contribution in [3.63, 3.8) is 0 Å². The van der Waals surface area contributed by atoms with Crippen LogP contribution in [0.3, 0.4) is 0 Å². The quantitative estimate of drug-likeness (QED) is 0.679. The summed E-state index contributed by atoms with van der Waals surface area (Å²) in [5.41, 5.74) is 1.36. The van der Waals surface area contributed by atoms with Crippen LogP contribution in [0.5, 0.6) is 0 Å². The van der Waals surface area contributed by atoms with E-state index in [0.717, 1.165) is 10.0 Å². The number of nitrogens with zero attached hydrogens (tertiary/aromatic N) is 4. The van der Waals surface area contributed by atoms with Crippen LogP contribution in [0.1, 0.15) is 37.0 Å². The molecule has 0 radical (unpaired) electrons. The molecule has 0 unspecified atom stereocenters. The number of carbonyl (C=O) groups excluding carboxylic acids is 1. The number of hydrogen-bond donors (Lipinski definition) is 1. The van der Waals surface area contributed by atoms with Gasteiger partial charge in [-0.05, 0) is 19.9 Å². The zero-order valence-corrected chi connectivity index (χ0v) is 13.5. The monoisotopic (exact) mass is 311 g/mol. The number of rotatable bonds is 5. The molecule has 1 amide bonds. The van der Waals surface area contributed by atoms with Crippen molar-refractivity contribution in [2.45, 2.75) is 43.8 Å². The van der Waals surface area contributed by atoms with Crippen LogP contribution in [0.4, 0.5) is 5.13 Å². The lowest BCUT2D eigenvalue weighted by molar-refractivity contribution is 0.101. The van der Waals surface area contributed by atoms with E-state index in [-0.39, 0.29) is 5.91 Å². The molecule has 2 rings (SSSR count). The highest BCUT2D eigenvalue weighted by Gasteiger charge is 2.15. The van der Waals surface area contributed by atoms with Crippen LogP contribution in [0.2, 0.25) is 0 Å². The molecular weight excluding hydrogens is 294 g/mol. The highest BCUT2D eigenvalue weighted by atomic mass is 32.2. The molecule has 108 valence electrons. The predicted molar refractivity (Wildman–Crippen MR) is 81.5 cm³/mol. The SMILES string of the molecule is CCn1nc(C)cc1C(=O)Nc1nnc(SC(C)C)s1. The summed E-state index contributed by atoms with van der Waals surface area (Å²) in [4.78, 5) is 12.2. The van der Waals surface area contributed by atoms with Crippen LogP contribution in [-0.4, -0.2) is 31.1 Å². The van der Waals surface area contributed by atoms with Crippen LogP contribution < -0.4 is 5.32 Å². The van der Waals surface area contributed by atoms with E-state index in [0.29, 0.717) is 22.6 Å². The second-order valence-electron chi connectivity index (χ2n) is 4.48. The number of amides is 1. The molecule has 0 aliphatic heterocycles. The minimum Gasteiger partial charge on any atom is -0.295 e. The van der Waals surface area contributed by atoms with Gasteiger partial charge in [-0.2, -0.15) is 5.10 Å². The number of hydrogen-bond acceptors (Lipinski definition) is 6. The van der Waals surface area contributed by atoms with Crippen LogP contribution >= 0.6 is 23.1 Å². The van der Waals surface area contributed by atoms with Crippen molar-refractivity contribution in [1.29, 1.82) is 0 Å². The lowest BCUT2D eigenvalue weighted by atomic mass is 10.3. The summed E-state index contributed by atoms with van der Waals surface area (Å²) in [6.45, 7) is 8.65. The molecule has 0 aliphatic rings. The molecule has 1 N–H and O–H groups in total. The van der Waals surface area contributed by atoms with E-state index in [9.17, 15) is 4.79 Å². The zero-order chi connectivity index (χ0) is 14.7. The second-order valence-corrected chi connectivity index (χ2v) is 7.28. The van der Waals surface area contributed by atoms with E-state index >= 15 is 0 Å². The van der Waals surface area contributed by atoms with Crippen LogP contribution in [0.25, 0.3) is 0 Å². The molecule has 2 heterocycles. The van der Waals surface area contributed by atoms with Crippen LogP contribution in [0, 0.1) is 6.92 Å². The maximum Gasteiger partial charge on any atom is 0.275 e. The van der Waals surface area contributed by atoms with Gasteiger partial charge in [-0.1, -0.05) is 36.9 Å². The van der Waals surface area contributed by atoms with E-state index in [1.807, 2.05) is 13.8 Å². The number of carbonyl (C=O) groups is 1. The van der Waals surface area contributed by atoms with Crippen molar-refractivity contribution in [3.8, 4) is 0 Å². The maximum absolute atomic E-state index is 12.2. The standard InChI is InChI=1S/C12H17N5OS2/c1-5-17-9(6-8(4)16-17)10(18)13-11-14-15-12(20-11)19-7(2)3/h6-7H,5H2,1-4H3,(H,13,14,18). The first kappa shape index (κ1) is 15.0. The predicted octanol–water partition coefficient (Wildman–Crippen LogP) is 2.82. The van der Waals surface area contributed by atoms with Gasteiger partial charge in [0.25, 0.3) is 5.91 Å². The minimum atomic E-state index is -0.204. The molecule has 0 saturated heterocycles. The smallest absolute Gasteiger partial charge is 0.275 e. The highest BCUT2D eigenvalue weighted by molar-refractivity contribution is 8.01. The van der Waals surface area contributed by atoms with E-state index in [1.54, 1.807) is 22.5 Å². The molecule has 6 nitrogen and oxygen atoms in total. The van der Waals surface area contributed by atoms with Gasteiger partial charge in [0.15, 0.2) is 4.34 Å². The summed E-state index contributed by atoms with van der Waals surface area (Å²) < 4.78 is 2.53. The van der Waals surface area contributed by atoms with Crippen molar-refractivity contribution in [2.24, 2.45) is 0 Å². The normalized spacial score (nSPS) is 11.1. The Balaban J connectivity index is 2.09. The Hall–Kier alpha value is -1.41. The molecule has 0 bridgehead atoms. The van der Waals surface area contributed by atoms with Gasteiger partial charge >= 0.3 is 0 Å². The molecule has 0 aromatic carbocycles. The van der Waals surface area contributed by atoms with Crippen LogP contribution in [0.15, 0.2) is 10.4 Å². The molecule has 2 aromatic rings. The first-order chi connectivity index (χ1) is 9.49. The maximum atomic E-state index is 12.2. The summed E-state index contributed by atoms with van der Waals surface area (Å²) in [6, 6.07) is 1.77. The lowest BCUT2D eigenvalue weighted by Crippen LogP contribution is -2.17. The van der Waals surface area contributed by atoms with Crippen molar-refractivity contribution < 1.29 is 4.79 Å². The molecule has 2 aromatic heterocycles.